The number of esters is 1. The van der Waals surface area contributed by atoms with Gasteiger partial charge in [-0.05, 0) is 119 Å². The average molecular weight is 805 g/mol. The van der Waals surface area contributed by atoms with Crippen LogP contribution in [0.15, 0.2) is 36.4 Å². The number of phenols is 1. The minimum Gasteiger partial charge on any atom is -0.507 e. The van der Waals surface area contributed by atoms with Crippen LogP contribution in [0.1, 0.15) is 60.8 Å². The molecule has 3 saturated heterocycles. The second kappa shape index (κ2) is 20.5. The van der Waals surface area contributed by atoms with E-state index in [1.165, 1.54) is 0 Å². The molecule has 0 radical (unpaired) electrons. The molecule has 318 valence electrons. The molecule has 14 nitrogen and oxygen atoms in total. The molecule has 1 atom stereocenters. The Balaban J connectivity index is 0.989. The minimum atomic E-state index is -1.01. The van der Waals surface area contributed by atoms with Gasteiger partial charge in [0.25, 0.3) is 5.91 Å². The highest BCUT2D eigenvalue weighted by Gasteiger charge is 2.37. The zero-order valence-corrected chi connectivity index (χ0v) is 35.0. The summed E-state index contributed by atoms with van der Waals surface area (Å²) >= 11 is 0. The summed E-state index contributed by atoms with van der Waals surface area (Å²) in [5.41, 5.74) is 4.21. The van der Waals surface area contributed by atoms with E-state index in [-0.39, 0.29) is 36.1 Å². The van der Waals surface area contributed by atoms with Crippen molar-refractivity contribution in [3.8, 4) is 5.75 Å². The molecule has 58 heavy (non-hydrogen) atoms. The molecular weight excluding hydrogens is 741 g/mol. The number of rotatable bonds is 14. The third-order valence-electron chi connectivity index (χ3n) is 12.7. The van der Waals surface area contributed by atoms with Crippen molar-refractivity contribution in [3.63, 3.8) is 0 Å². The van der Waals surface area contributed by atoms with Crippen LogP contribution in [0, 0.1) is 25.7 Å². The van der Waals surface area contributed by atoms with Crippen molar-refractivity contribution in [1.29, 1.82) is 0 Å². The molecule has 3 fully saturated rings. The van der Waals surface area contributed by atoms with Crippen molar-refractivity contribution in [3.05, 3.63) is 58.7 Å². The lowest BCUT2D eigenvalue weighted by molar-refractivity contribution is -0.145. The lowest BCUT2D eigenvalue weighted by Gasteiger charge is -2.41. The van der Waals surface area contributed by atoms with E-state index in [0.717, 1.165) is 68.6 Å². The Kier molecular flexibility index (Phi) is 15.3. The number of fused-ring (bicyclic) bond motifs is 1. The summed E-state index contributed by atoms with van der Waals surface area (Å²) in [4.78, 5) is 63.3. The minimum absolute atomic E-state index is 0.00208. The third-order valence-corrected chi connectivity index (χ3v) is 12.7. The molecule has 0 unspecified atom stereocenters. The smallest absolute Gasteiger partial charge is 0.410 e. The average Bonchev–Trinajstić information content (AvgIpc) is 3.39. The lowest BCUT2D eigenvalue weighted by atomic mass is 9.78. The predicted molar refractivity (Wildman–Crippen MR) is 221 cm³/mol. The van der Waals surface area contributed by atoms with Gasteiger partial charge in [-0.15, -0.1) is 0 Å². The number of carbonyl (C=O) groups is 4. The standard InChI is InChI=1S/C44H64N6O8/c1-31-27-33(28-32(2)41(31)52)29-39(58-44(55)49-20-14-37(15-21-49)50-22-13-36-7-5-6-8-38(36)45-43(50)54)42(53)48-18-11-35(12-19-48)34-9-16-47(17-10-34)30-40(51)57-26-24-46(3)23-25-56-4/h5-8,27-28,34-35,37,39,52H,9-26,29-30H2,1-4H3,(H,45,54)/t39-/m1/s1. The van der Waals surface area contributed by atoms with Gasteiger partial charge in [-0.25, -0.2) is 9.59 Å². The van der Waals surface area contributed by atoms with Crippen molar-refractivity contribution in [1.82, 2.24) is 24.5 Å². The highest BCUT2D eigenvalue weighted by Crippen LogP contribution is 2.33. The number of benzene rings is 2. The fourth-order valence-electron chi connectivity index (χ4n) is 9.13. The molecular formula is C44H64N6O8. The summed E-state index contributed by atoms with van der Waals surface area (Å²) in [6, 6.07) is 11.5. The Hall–Kier alpha value is -4.40. The SMILES string of the molecule is COCCN(C)CCOC(=O)CN1CCC(C2CCN(C(=O)[C@@H](Cc3cc(C)c(O)c(C)c3)OC(=O)N3CCC(N4CCc5ccccc5NC4=O)CC3)CC2)CC1. The number of methoxy groups -OCH3 is 1. The van der Waals surface area contributed by atoms with Gasteiger partial charge in [0, 0.05) is 71.1 Å². The number of piperidine rings is 3. The van der Waals surface area contributed by atoms with Gasteiger partial charge < -0.3 is 44.2 Å². The molecule has 4 amide bonds. The zero-order valence-electron chi connectivity index (χ0n) is 35.0. The molecule has 14 heteroatoms. The Morgan fingerprint density at radius 3 is 2.16 bits per heavy atom. The molecule has 0 spiro atoms. The number of nitrogens with one attached hydrogen (secondary N) is 1. The van der Waals surface area contributed by atoms with E-state index in [9.17, 15) is 24.3 Å². The maximum Gasteiger partial charge on any atom is 0.410 e. The number of phenolic OH excluding ortho intramolecular Hbond substituents is 1. The van der Waals surface area contributed by atoms with Crippen LogP contribution in [0.4, 0.5) is 15.3 Å². The van der Waals surface area contributed by atoms with Crippen LogP contribution < -0.4 is 5.32 Å². The fourth-order valence-corrected chi connectivity index (χ4v) is 9.13. The summed E-state index contributed by atoms with van der Waals surface area (Å²) in [6.07, 6.45) is 4.49. The van der Waals surface area contributed by atoms with Crippen LogP contribution in [-0.2, 0) is 36.6 Å². The normalized spacial score (nSPS) is 19.4. The van der Waals surface area contributed by atoms with Crippen molar-refractivity contribution in [2.75, 3.05) is 98.1 Å². The van der Waals surface area contributed by atoms with E-state index < -0.39 is 12.2 Å². The zero-order chi connectivity index (χ0) is 41.2. The Morgan fingerprint density at radius 1 is 0.862 bits per heavy atom. The number of ether oxygens (including phenoxy) is 3. The number of hydrogen-bond acceptors (Lipinski definition) is 10. The number of aryl methyl sites for hydroxylation is 2. The number of aromatic hydroxyl groups is 1. The third kappa shape index (κ3) is 11.4. The van der Waals surface area contributed by atoms with Crippen molar-refractivity contribution >= 4 is 29.7 Å². The van der Waals surface area contributed by atoms with Gasteiger partial charge in [-0.1, -0.05) is 30.3 Å². The van der Waals surface area contributed by atoms with Crippen molar-refractivity contribution in [2.24, 2.45) is 11.8 Å². The van der Waals surface area contributed by atoms with Crippen LogP contribution in [-0.4, -0.2) is 159 Å². The van der Waals surface area contributed by atoms with Crippen LogP contribution in [0.5, 0.6) is 5.75 Å². The van der Waals surface area contributed by atoms with Gasteiger partial charge in [0.2, 0.25) is 0 Å². The number of hydrogen-bond donors (Lipinski definition) is 2. The number of nitrogens with zero attached hydrogens (tertiary/aromatic N) is 5. The van der Waals surface area contributed by atoms with E-state index in [1.807, 2.05) is 67.1 Å². The van der Waals surface area contributed by atoms with Crippen LogP contribution in [0.2, 0.25) is 0 Å². The first-order valence-electron chi connectivity index (χ1n) is 21.2. The molecule has 0 saturated carbocycles. The largest absolute Gasteiger partial charge is 0.507 e. The van der Waals surface area contributed by atoms with E-state index in [0.29, 0.717) is 94.8 Å². The molecule has 0 bridgehead atoms. The highest BCUT2D eigenvalue weighted by atomic mass is 16.6. The van der Waals surface area contributed by atoms with Gasteiger partial charge >= 0.3 is 18.1 Å². The monoisotopic (exact) mass is 804 g/mol. The molecule has 0 aromatic heterocycles. The van der Waals surface area contributed by atoms with Gasteiger partial charge in [0.1, 0.15) is 12.4 Å². The van der Waals surface area contributed by atoms with E-state index in [1.54, 1.807) is 12.0 Å². The maximum absolute atomic E-state index is 14.2. The maximum atomic E-state index is 14.2. The molecule has 4 aliphatic rings. The summed E-state index contributed by atoms with van der Waals surface area (Å²) in [5, 5.41) is 13.5. The van der Waals surface area contributed by atoms with Crippen LogP contribution in [0.25, 0.3) is 0 Å². The number of para-hydroxylation sites is 1. The predicted octanol–water partition coefficient (Wildman–Crippen LogP) is 4.68. The second-order valence-corrected chi connectivity index (χ2v) is 16.7. The number of urea groups is 1. The molecule has 4 aliphatic heterocycles. The molecule has 4 heterocycles. The highest BCUT2D eigenvalue weighted by molar-refractivity contribution is 5.91. The number of anilines is 1. The van der Waals surface area contributed by atoms with Gasteiger partial charge in [0.15, 0.2) is 6.10 Å². The topological polar surface area (TPSA) is 144 Å². The van der Waals surface area contributed by atoms with E-state index in [2.05, 4.69) is 15.1 Å². The first-order valence-corrected chi connectivity index (χ1v) is 21.2. The Bertz CT molecular complexity index is 1690. The first kappa shape index (κ1) is 43.2. The number of likely N-dealkylation sites (N-methyl/N-ethyl adjacent to an activating group) is 1. The van der Waals surface area contributed by atoms with Crippen LogP contribution in [0.3, 0.4) is 0 Å². The number of carbonyl (C=O) groups excluding carboxylic acids is 4. The van der Waals surface area contributed by atoms with E-state index >= 15 is 0 Å². The molecule has 2 aromatic carbocycles. The second-order valence-electron chi connectivity index (χ2n) is 16.7. The van der Waals surface area contributed by atoms with Crippen molar-refractivity contribution in [2.45, 2.75) is 77.4 Å². The molecule has 2 N–H and O–H groups in total. The Labute approximate surface area is 343 Å². The quantitative estimate of drug-likeness (QED) is 0.259. The molecule has 2 aromatic rings. The van der Waals surface area contributed by atoms with Crippen molar-refractivity contribution < 1.29 is 38.5 Å². The summed E-state index contributed by atoms with van der Waals surface area (Å²) in [5.74, 6) is 0.874. The Morgan fingerprint density at radius 2 is 1.48 bits per heavy atom. The summed E-state index contributed by atoms with van der Waals surface area (Å²) in [6.45, 7) is 10.8. The summed E-state index contributed by atoms with van der Waals surface area (Å²) in [7, 11) is 3.66. The summed E-state index contributed by atoms with van der Waals surface area (Å²) < 4.78 is 16.7. The van der Waals surface area contributed by atoms with E-state index in [4.69, 9.17) is 14.2 Å². The fraction of sp³-hybridized carbons (Fsp3) is 0.636. The van der Waals surface area contributed by atoms with Crippen LogP contribution >= 0.6 is 0 Å². The number of likely N-dealkylation sites (tertiary alicyclic amines) is 3. The van der Waals surface area contributed by atoms with Gasteiger partial charge in [-0.3, -0.25) is 14.5 Å². The lowest BCUT2D eigenvalue weighted by Crippen LogP contribution is -2.52. The van der Waals surface area contributed by atoms with Gasteiger partial charge in [0.05, 0.1) is 13.2 Å². The molecule has 0 aliphatic carbocycles. The first-order chi connectivity index (χ1) is 28.0. The molecule has 6 rings (SSSR count). The number of amides is 4. The van der Waals surface area contributed by atoms with Gasteiger partial charge in [-0.2, -0.15) is 0 Å².